The van der Waals surface area contributed by atoms with E-state index in [4.69, 9.17) is 12.6 Å². The third kappa shape index (κ3) is 4.05. The monoisotopic (exact) mass is 360 g/mol. The van der Waals surface area contributed by atoms with Crippen molar-refractivity contribution in [2.24, 2.45) is 0 Å². The fourth-order valence-electron chi connectivity index (χ4n) is 3.07. The number of aromatic amines is 1. The summed E-state index contributed by atoms with van der Waals surface area (Å²) < 4.78 is 5.30. The number of methoxy groups -OCH3 is 1. The second-order valence-corrected chi connectivity index (χ2v) is 6.74. The van der Waals surface area contributed by atoms with Gasteiger partial charge in [0.15, 0.2) is 5.43 Å². The molecule has 5 nitrogen and oxygen atoms in total. The van der Waals surface area contributed by atoms with Gasteiger partial charge >= 0.3 is 0 Å². The van der Waals surface area contributed by atoms with Gasteiger partial charge in [0.1, 0.15) is 13.6 Å². The van der Waals surface area contributed by atoms with Gasteiger partial charge in [-0.2, -0.15) is 0 Å². The first-order chi connectivity index (χ1) is 12.9. The van der Waals surface area contributed by atoms with E-state index in [9.17, 15) is 9.59 Å². The third-order valence-electron chi connectivity index (χ3n) is 4.27. The number of H-pyrrole nitrogens is 1. The predicted molar refractivity (Wildman–Crippen MR) is 109 cm³/mol. The van der Waals surface area contributed by atoms with Crippen LogP contribution in [-0.2, 0) is 11.2 Å². The van der Waals surface area contributed by atoms with E-state index in [0.717, 1.165) is 5.56 Å². The number of aromatic nitrogens is 1. The molecule has 1 aromatic heterocycles. The molecule has 0 saturated heterocycles. The van der Waals surface area contributed by atoms with Crippen LogP contribution < -0.4 is 20.9 Å². The SMILES string of the molecule is [B]c1ccc2[nH]c(-c3cccc(OC)c3)c(CC(=O)NC(C)C)c(=O)c2c1. The molecule has 0 spiro atoms. The van der Waals surface area contributed by atoms with Gasteiger partial charge in [-0.05, 0) is 32.0 Å². The zero-order valence-corrected chi connectivity index (χ0v) is 15.6. The molecule has 3 aromatic rings. The smallest absolute Gasteiger partial charge is 0.224 e. The van der Waals surface area contributed by atoms with Crippen molar-refractivity contribution in [3.8, 4) is 17.0 Å². The quantitative estimate of drug-likeness (QED) is 0.685. The van der Waals surface area contributed by atoms with Crippen LogP contribution in [0, 0.1) is 0 Å². The average Bonchev–Trinajstić information content (AvgIpc) is 2.63. The lowest BCUT2D eigenvalue weighted by molar-refractivity contribution is -0.120. The number of nitrogens with one attached hydrogen (secondary N) is 2. The van der Waals surface area contributed by atoms with Crippen molar-refractivity contribution in [1.29, 1.82) is 0 Å². The highest BCUT2D eigenvalue weighted by Gasteiger charge is 2.17. The van der Waals surface area contributed by atoms with Crippen LogP contribution in [0.5, 0.6) is 5.75 Å². The van der Waals surface area contributed by atoms with E-state index in [-0.39, 0.29) is 23.8 Å². The molecule has 3 rings (SSSR count). The highest BCUT2D eigenvalue weighted by molar-refractivity contribution is 6.33. The Hall–Kier alpha value is -3.02. The molecular formula is C21H21BN2O3. The van der Waals surface area contributed by atoms with Gasteiger partial charge in [-0.25, -0.2) is 0 Å². The van der Waals surface area contributed by atoms with Crippen LogP contribution in [0.4, 0.5) is 0 Å². The summed E-state index contributed by atoms with van der Waals surface area (Å²) in [6.07, 6.45) is -0.0230. The lowest BCUT2D eigenvalue weighted by Gasteiger charge is -2.14. The third-order valence-corrected chi connectivity index (χ3v) is 4.27. The van der Waals surface area contributed by atoms with Crippen LogP contribution in [0.15, 0.2) is 47.3 Å². The Morgan fingerprint density at radius 2 is 2.00 bits per heavy atom. The molecule has 0 aliphatic heterocycles. The summed E-state index contributed by atoms with van der Waals surface area (Å²) in [4.78, 5) is 28.8. The van der Waals surface area contributed by atoms with Crippen molar-refractivity contribution < 1.29 is 9.53 Å². The maximum atomic E-state index is 13.2. The molecule has 0 unspecified atom stereocenters. The second-order valence-electron chi connectivity index (χ2n) is 6.74. The largest absolute Gasteiger partial charge is 0.497 e. The van der Waals surface area contributed by atoms with E-state index in [1.54, 1.807) is 25.3 Å². The molecule has 1 heterocycles. The number of hydrogen-bond acceptors (Lipinski definition) is 3. The van der Waals surface area contributed by atoms with Gasteiger partial charge in [0.25, 0.3) is 0 Å². The van der Waals surface area contributed by atoms with Gasteiger partial charge in [0, 0.05) is 28.1 Å². The Morgan fingerprint density at radius 1 is 1.22 bits per heavy atom. The highest BCUT2D eigenvalue weighted by Crippen LogP contribution is 2.26. The van der Waals surface area contributed by atoms with Crippen LogP contribution in [0.1, 0.15) is 19.4 Å². The number of carbonyl (C=O) groups excluding carboxylic acids is 1. The second kappa shape index (κ2) is 7.70. The Kier molecular flexibility index (Phi) is 5.35. The van der Waals surface area contributed by atoms with Crippen molar-refractivity contribution >= 4 is 30.1 Å². The molecule has 2 N–H and O–H groups in total. The minimum Gasteiger partial charge on any atom is -0.497 e. The number of ether oxygens (including phenoxy) is 1. The van der Waals surface area contributed by atoms with Crippen molar-refractivity contribution in [3.63, 3.8) is 0 Å². The number of carbonyl (C=O) groups is 1. The number of hydrogen-bond donors (Lipinski definition) is 2. The molecular weight excluding hydrogens is 339 g/mol. The van der Waals surface area contributed by atoms with Gasteiger partial charge < -0.3 is 15.0 Å². The first-order valence-electron chi connectivity index (χ1n) is 8.77. The lowest BCUT2D eigenvalue weighted by atomic mass is 9.93. The summed E-state index contributed by atoms with van der Waals surface area (Å²) in [5, 5.41) is 3.30. The first kappa shape index (κ1) is 18.8. The van der Waals surface area contributed by atoms with Crippen LogP contribution in [0.25, 0.3) is 22.2 Å². The summed E-state index contributed by atoms with van der Waals surface area (Å²) in [7, 11) is 7.43. The standard InChI is InChI=1S/C21H21BN2O3/c1-12(2)23-19(25)11-17-20(13-5-4-6-15(9-13)27-3)24-18-8-7-14(22)10-16(18)21(17)26/h4-10,12H,11H2,1-3H3,(H,23,25)(H,24,26). The molecule has 1 amide bonds. The zero-order valence-electron chi connectivity index (χ0n) is 15.6. The number of amides is 1. The summed E-state index contributed by atoms with van der Waals surface area (Å²) in [5.41, 5.74) is 2.75. The van der Waals surface area contributed by atoms with Crippen molar-refractivity contribution in [1.82, 2.24) is 10.3 Å². The molecule has 2 radical (unpaired) electrons. The molecule has 0 aliphatic rings. The minimum absolute atomic E-state index is 0.00653. The fourth-order valence-corrected chi connectivity index (χ4v) is 3.07. The molecule has 6 heteroatoms. The molecule has 2 aromatic carbocycles. The van der Waals surface area contributed by atoms with E-state index in [0.29, 0.717) is 33.4 Å². The average molecular weight is 360 g/mol. The molecule has 0 aliphatic carbocycles. The Bertz CT molecular complexity index is 1060. The summed E-state index contributed by atoms with van der Waals surface area (Å²) in [6.45, 7) is 3.76. The van der Waals surface area contributed by atoms with E-state index in [1.165, 1.54) is 0 Å². The highest BCUT2D eigenvalue weighted by atomic mass is 16.5. The van der Waals surface area contributed by atoms with Gasteiger partial charge in [0.05, 0.1) is 19.2 Å². The Balaban J connectivity index is 2.23. The predicted octanol–water partition coefficient (Wildman–Crippen LogP) is 2.06. The van der Waals surface area contributed by atoms with E-state index < -0.39 is 0 Å². The number of pyridine rings is 1. The molecule has 27 heavy (non-hydrogen) atoms. The van der Waals surface area contributed by atoms with Crippen LogP contribution in [0.3, 0.4) is 0 Å². The number of rotatable bonds is 5. The maximum absolute atomic E-state index is 13.2. The van der Waals surface area contributed by atoms with Crippen LogP contribution in [-0.4, -0.2) is 31.9 Å². The normalized spacial score (nSPS) is 11.0. The fraction of sp³-hybridized carbons (Fsp3) is 0.238. The van der Waals surface area contributed by atoms with Crippen molar-refractivity contribution in [3.05, 3.63) is 58.3 Å². The van der Waals surface area contributed by atoms with Crippen molar-refractivity contribution in [2.45, 2.75) is 26.3 Å². The number of benzene rings is 2. The van der Waals surface area contributed by atoms with E-state index in [2.05, 4.69) is 10.3 Å². The summed E-state index contributed by atoms with van der Waals surface area (Å²) >= 11 is 0. The topological polar surface area (TPSA) is 71.2 Å². The van der Waals surface area contributed by atoms with Gasteiger partial charge in [-0.15, -0.1) is 0 Å². The number of fused-ring (bicyclic) bond motifs is 1. The van der Waals surface area contributed by atoms with Gasteiger partial charge in [0.2, 0.25) is 5.91 Å². The van der Waals surface area contributed by atoms with Crippen LogP contribution in [0.2, 0.25) is 0 Å². The van der Waals surface area contributed by atoms with Gasteiger partial charge in [-0.3, -0.25) is 9.59 Å². The molecule has 0 fully saturated rings. The summed E-state index contributed by atoms with van der Waals surface area (Å²) in [5.74, 6) is 0.464. The molecule has 0 atom stereocenters. The first-order valence-corrected chi connectivity index (χ1v) is 8.77. The van der Waals surface area contributed by atoms with E-state index >= 15 is 0 Å². The Morgan fingerprint density at radius 3 is 2.70 bits per heavy atom. The minimum atomic E-state index is -0.206. The van der Waals surface area contributed by atoms with Crippen molar-refractivity contribution in [2.75, 3.05) is 7.11 Å². The molecule has 0 bridgehead atoms. The zero-order chi connectivity index (χ0) is 19.6. The van der Waals surface area contributed by atoms with E-state index in [1.807, 2.05) is 38.1 Å². The Labute approximate surface area is 159 Å². The van der Waals surface area contributed by atoms with Gasteiger partial charge in [-0.1, -0.05) is 29.7 Å². The van der Waals surface area contributed by atoms with Crippen LogP contribution >= 0.6 is 0 Å². The maximum Gasteiger partial charge on any atom is 0.224 e. The molecule has 0 saturated carbocycles. The lowest BCUT2D eigenvalue weighted by Crippen LogP contribution is -2.33. The summed E-state index contributed by atoms with van der Waals surface area (Å²) in [6, 6.07) is 12.5. The molecule has 136 valence electrons.